The quantitative estimate of drug-likeness (QED) is 0.650. The van der Waals surface area contributed by atoms with Gasteiger partial charge in [-0.15, -0.1) is 0 Å². The molecule has 0 radical (unpaired) electrons. The monoisotopic (exact) mass is 243 g/mol. The predicted molar refractivity (Wildman–Crippen MR) is 57.0 cm³/mol. The lowest BCUT2D eigenvalue weighted by Gasteiger charge is -2.17. The van der Waals surface area contributed by atoms with Crippen LogP contribution < -0.4 is 5.73 Å². The van der Waals surface area contributed by atoms with Gasteiger partial charge in [-0.25, -0.2) is 0 Å². The lowest BCUT2D eigenvalue weighted by Crippen LogP contribution is -2.34. The molecule has 0 aliphatic rings. The molecule has 0 aliphatic carbocycles. The lowest BCUT2D eigenvalue weighted by atomic mass is 9.99. The molecule has 0 saturated carbocycles. The van der Waals surface area contributed by atoms with Crippen LogP contribution in [0.1, 0.15) is 22.0 Å². The van der Waals surface area contributed by atoms with E-state index in [0.717, 1.165) is 0 Å². The summed E-state index contributed by atoms with van der Waals surface area (Å²) in [6.07, 6.45) is -2.96. The maximum atomic E-state index is 10.7. The van der Waals surface area contributed by atoms with Crippen LogP contribution in [0.2, 0.25) is 5.02 Å². The van der Waals surface area contributed by atoms with Gasteiger partial charge in [0, 0.05) is 16.1 Å². The number of hydrogen-bond donors (Lipinski definition) is 3. The fraction of sp³-hybridized carbons (Fsp3) is 0.200. The smallest absolute Gasteiger partial charge is 0.249 e. The molecule has 1 amide bonds. The van der Waals surface area contributed by atoms with Crippen molar-refractivity contribution in [2.75, 3.05) is 0 Å². The lowest BCUT2D eigenvalue weighted by molar-refractivity contribution is -0.131. The van der Waals surface area contributed by atoms with Crippen molar-refractivity contribution in [2.24, 2.45) is 5.73 Å². The van der Waals surface area contributed by atoms with Gasteiger partial charge < -0.3 is 15.9 Å². The van der Waals surface area contributed by atoms with E-state index in [9.17, 15) is 19.8 Å². The van der Waals surface area contributed by atoms with Crippen LogP contribution in [0.15, 0.2) is 18.2 Å². The molecule has 4 N–H and O–H groups in total. The average molecular weight is 244 g/mol. The number of rotatable bonds is 4. The van der Waals surface area contributed by atoms with Gasteiger partial charge in [0.15, 0.2) is 6.10 Å². The molecule has 0 aliphatic heterocycles. The van der Waals surface area contributed by atoms with Gasteiger partial charge in [0.05, 0.1) is 0 Å². The highest BCUT2D eigenvalue weighted by atomic mass is 35.5. The topological polar surface area (TPSA) is 101 Å². The van der Waals surface area contributed by atoms with Crippen molar-refractivity contribution in [3.8, 4) is 0 Å². The van der Waals surface area contributed by atoms with Gasteiger partial charge in [0.2, 0.25) is 5.91 Å². The molecule has 0 bridgehead atoms. The molecule has 6 heteroatoms. The first kappa shape index (κ1) is 12.6. The summed E-state index contributed by atoms with van der Waals surface area (Å²) < 4.78 is 0. The number of aliphatic hydroxyl groups excluding tert-OH is 2. The van der Waals surface area contributed by atoms with Gasteiger partial charge in [0.25, 0.3) is 0 Å². The van der Waals surface area contributed by atoms with Crippen molar-refractivity contribution in [2.45, 2.75) is 12.2 Å². The number of carbonyl (C=O) groups excluding carboxylic acids is 2. The SMILES string of the molecule is NC(=O)C(O)C(O)c1c(Cl)cccc1C=O. The molecule has 0 spiro atoms. The minimum Gasteiger partial charge on any atom is -0.385 e. The Labute approximate surface area is 96.4 Å². The second kappa shape index (κ2) is 5.07. The molecule has 16 heavy (non-hydrogen) atoms. The van der Waals surface area contributed by atoms with E-state index in [1.807, 2.05) is 0 Å². The second-order valence-corrected chi connectivity index (χ2v) is 3.56. The first-order valence-electron chi connectivity index (χ1n) is 4.38. The first-order chi connectivity index (χ1) is 7.49. The summed E-state index contributed by atoms with van der Waals surface area (Å²) in [6, 6.07) is 4.35. The van der Waals surface area contributed by atoms with Gasteiger partial charge in [-0.1, -0.05) is 23.7 Å². The molecule has 0 aromatic heterocycles. The van der Waals surface area contributed by atoms with Gasteiger partial charge in [0.1, 0.15) is 12.4 Å². The van der Waals surface area contributed by atoms with E-state index >= 15 is 0 Å². The number of carbonyl (C=O) groups is 2. The van der Waals surface area contributed by atoms with E-state index in [-0.39, 0.29) is 16.1 Å². The Kier molecular flexibility index (Phi) is 4.00. The fourth-order valence-electron chi connectivity index (χ4n) is 1.28. The number of benzene rings is 1. The molecule has 5 nitrogen and oxygen atoms in total. The number of hydrogen-bond acceptors (Lipinski definition) is 4. The Morgan fingerprint density at radius 1 is 1.44 bits per heavy atom. The highest BCUT2D eigenvalue weighted by Gasteiger charge is 2.27. The summed E-state index contributed by atoms with van der Waals surface area (Å²) >= 11 is 5.77. The van der Waals surface area contributed by atoms with Crippen LogP contribution in [-0.4, -0.2) is 28.5 Å². The van der Waals surface area contributed by atoms with Crippen molar-refractivity contribution >= 4 is 23.8 Å². The van der Waals surface area contributed by atoms with Crippen LogP contribution >= 0.6 is 11.6 Å². The Hall–Kier alpha value is -1.43. The highest BCUT2D eigenvalue weighted by molar-refractivity contribution is 6.31. The summed E-state index contributed by atoms with van der Waals surface area (Å²) in [5, 5.41) is 19.0. The second-order valence-electron chi connectivity index (χ2n) is 3.15. The third-order valence-electron chi connectivity index (χ3n) is 2.10. The zero-order valence-electron chi connectivity index (χ0n) is 8.13. The third kappa shape index (κ3) is 2.38. The van der Waals surface area contributed by atoms with Gasteiger partial charge in [-0.2, -0.15) is 0 Å². The van der Waals surface area contributed by atoms with Crippen LogP contribution in [0.3, 0.4) is 0 Å². The van der Waals surface area contributed by atoms with E-state index in [2.05, 4.69) is 0 Å². The third-order valence-corrected chi connectivity index (χ3v) is 2.43. The average Bonchev–Trinajstić information content (AvgIpc) is 2.26. The molecular formula is C10H10ClNO4. The molecule has 0 heterocycles. The van der Waals surface area contributed by atoms with E-state index < -0.39 is 18.1 Å². The van der Waals surface area contributed by atoms with Crippen LogP contribution in [0.25, 0.3) is 0 Å². The van der Waals surface area contributed by atoms with Crippen LogP contribution in [0.4, 0.5) is 0 Å². The van der Waals surface area contributed by atoms with Gasteiger partial charge in [-0.3, -0.25) is 9.59 Å². The molecule has 1 aromatic carbocycles. The largest absolute Gasteiger partial charge is 0.385 e. The minimum atomic E-state index is -1.81. The van der Waals surface area contributed by atoms with Crippen molar-refractivity contribution in [3.63, 3.8) is 0 Å². The molecule has 0 saturated heterocycles. The summed E-state index contributed by atoms with van der Waals surface area (Å²) in [7, 11) is 0. The molecule has 86 valence electrons. The Balaban J connectivity index is 3.21. The van der Waals surface area contributed by atoms with Crippen molar-refractivity contribution in [1.82, 2.24) is 0 Å². The maximum absolute atomic E-state index is 10.7. The van der Waals surface area contributed by atoms with Crippen LogP contribution in [0.5, 0.6) is 0 Å². The van der Waals surface area contributed by atoms with Crippen molar-refractivity contribution in [3.05, 3.63) is 34.3 Å². The molecule has 1 rings (SSSR count). The van der Waals surface area contributed by atoms with E-state index in [0.29, 0.717) is 6.29 Å². The highest BCUT2D eigenvalue weighted by Crippen LogP contribution is 2.27. The number of primary amides is 1. The number of amides is 1. The zero-order valence-corrected chi connectivity index (χ0v) is 8.89. The number of nitrogens with two attached hydrogens (primary N) is 1. The normalized spacial score (nSPS) is 14.2. The summed E-state index contributed by atoms with van der Waals surface area (Å²) in [5.74, 6) is -1.09. The molecule has 0 fully saturated rings. The predicted octanol–water partition coefficient (Wildman–Crippen LogP) is 0.0321. The van der Waals surface area contributed by atoms with Crippen molar-refractivity contribution < 1.29 is 19.8 Å². The molecule has 1 aromatic rings. The number of halogens is 1. The Bertz CT molecular complexity index is 421. The number of aldehydes is 1. The van der Waals surface area contributed by atoms with Gasteiger partial charge >= 0.3 is 0 Å². The zero-order chi connectivity index (χ0) is 12.3. The number of aliphatic hydroxyl groups is 2. The summed E-state index contributed by atoms with van der Waals surface area (Å²) in [4.78, 5) is 21.4. The van der Waals surface area contributed by atoms with Crippen LogP contribution in [-0.2, 0) is 4.79 Å². The molecular weight excluding hydrogens is 234 g/mol. The van der Waals surface area contributed by atoms with Crippen LogP contribution in [0, 0.1) is 0 Å². The van der Waals surface area contributed by atoms with E-state index in [1.54, 1.807) is 0 Å². The summed E-state index contributed by atoms with van der Waals surface area (Å²) in [6.45, 7) is 0. The first-order valence-corrected chi connectivity index (χ1v) is 4.76. The summed E-state index contributed by atoms with van der Waals surface area (Å²) in [5.41, 5.74) is 4.92. The fourth-order valence-corrected chi connectivity index (χ4v) is 1.58. The maximum Gasteiger partial charge on any atom is 0.249 e. The van der Waals surface area contributed by atoms with E-state index in [1.165, 1.54) is 18.2 Å². The molecule has 2 unspecified atom stereocenters. The molecule has 2 atom stereocenters. The Morgan fingerprint density at radius 3 is 2.56 bits per heavy atom. The standard InChI is InChI=1S/C10H10ClNO4/c11-6-3-1-2-5(4-13)7(6)8(14)9(15)10(12)16/h1-4,8-9,14-15H,(H2,12,16). The van der Waals surface area contributed by atoms with Gasteiger partial charge in [-0.05, 0) is 6.07 Å². The van der Waals surface area contributed by atoms with E-state index in [4.69, 9.17) is 17.3 Å². The Morgan fingerprint density at radius 2 is 2.06 bits per heavy atom. The van der Waals surface area contributed by atoms with Crippen molar-refractivity contribution in [1.29, 1.82) is 0 Å². The minimum absolute atomic E-state index is 0.00883.